The molecule has 0 radical (unpaired) electrons. The maximum atomic E-state index is 12.3. The van der Waals surface area contributed by atoms with Gasteiger partial charge < -0.3 is 9.67 Å². The maximum absolute atomic E-state index is 12.3. The normalized spacial score (nSPS) is 11.3. The maximum Gasteiger partial charge on any atom is 0.352 e. The molecular formula is C13H14N2O4S2. The molecule has 1 heterocycles. The molecule has 0 bridgehead atoms. The standard InChI is InChI=1S/C13H14N2O4S2/c1-15-8-9(7-11(15)13(16)17)21(18,19)14-10-5-3-4-6-12(10)20-2/h3-8,14H,1-2H3,(H,16,17). The van der Waals surface area contributed by atoms with Crippen molar-refractivity contribution in [2.75, 3.05) is 11.0 Å². The molecule has 0 fully saturated rings. The summed E-state index contributed by atoms with van der Waals surface area (Å²) in [5.74, 6) is -1.18. The molecule has 1 aromatic carbocycles. The number of para-hydroxylation sites is 1. The van der Waals surface area contributed by atoms with E-state index in [0.29, 0.717) is 5.69 Å². The SMILES string of the molecule is CSc1ccccc1NS(=O)(=O)c1cc(C(=O)O)n(C)c1. The van der Waals surface area contributed by atoms with E-state index in [0.717, 1.165) is 11.0 Å². The Labute approximate surface area is 126 Å². The summed E-state index contributed by atoms with van der Waals surface area (Å²) in [7, 11) is -2.34. The quantitative estimate of drug-likeness (QED) is 0.823. The zero-order valence-corrected chi connectivity index (χ0v) is 13.0. The summed E-state index contributed by atoms with van der Waals surface area (Å²) in [5.41, 5.74) is 0.374. The number of carbonyl (C=O) groups is 1. The molecule has 0 aliphatic heterocycles. The third-order valence-electron chi connectivity index (χ3n) is 2.86. The lowest BCUT2D eigenvalue weighted by atomic mass is 10.3. The van der Waals surface area contributed by atoms with Gasteiger partial charge in [-0.1, -0.05) is 12.1 Å². The molecule has 6 nitrogen and oxygen atoms in total. The first-order chi connectivity index (χ1) is 9.85. The highest BCUT2D eigenvalue weighted by atomic mass is 32.2. The van der Waals surface area contributed by atoms with E-state index in [1.54, 1.807) is 18.2 Å². The second-order valence-corrected chi connectivity index (χ2v) is 6.81. The molecule has 2 rings (SSSR count). The van der Waals surface area contributed by atoms with Crippen LogP contribution in [0.4, 0.5) is 5.69 Å². The number of carboxylic acids is 1. The van der Waals surface area contributed by atoms with E-state index in [4.69, 9.17) is 5.11 Å². The number of hydrogen-bond acceptors (Lipinski definition) is 4. The van der Waals surface area contributed by atoms with Crippen molar-refractivity contribution in [3.63, 3.8) is 0 Å². The van der Waals surface area contributed by atoms with E-state index in [1.807, 2.05) is 12.3 Å². The molecule has 112 valence electrons. The Morgan fingerprint density at radius 3 is 2.57 bits per heavy atom. The predicted octanol–water partition coefficient (Wildman–Crippen LogP) is 2.25. The minimum atomic E-state index is -3.83. The van der Waals surface area contributed by atoms with Gasteiger partial charge in [0.25, 0.3) is 10.0 Å². The van der Waals surface area contributed by atoms with Gasteiger partial charge in [-0.3, -0.25) is 4.72 Å². The average Bonchev–Trinajstić information content (AvgIpc) is 2.82. The highest BCUT2D eigenvalue weighted by Gasteiger charge is 2.21. The fraction of sp³-hybridized carbons (Fsp3) is 0.154. The smallest absolute Gasteiger partial charge is 0.352 e. The molecular weight excluding hydrogens is 312 g/mol. The van der Waals surface area contributed by atoms with Crippen LogP contribution in [0.15, 0.2) is 46.3 Å². The first-order valence-corrected chi connectivity index (χ1v) is 8.61. The Morgan fingerprint density at radius 2 is 2.00 bits per heavy atom. The van der Waals surface area contributed by atoms with Gasteiger partial charge in [-0.2, -0.15) is 0 Å². The third-order valence-corrected chi connectivity index (χ3v) is 4.99. The number of nitrogens with one attached hydrogen (secondary N) is 1. The Morgan fingerprint density at radius 1 is 1.33 bits per heavy atom. The summed E-state index contributed by atoms with van der Waals surface area (Å²) >= 11 is 1.42. The van der Waals surface area contributed by atoms with Crippen molar-refractivity contribution in [2.45, 2.75) is 9.79 Å². The molecule has 0 amide bonds. The van der Waals surface area contributed by atoms with Gasteiger partial charge in [0.1, 0.15) is 10.6 Å². The fourth-order valence-corrected chi connectivity index (χ4v) is 3.59. The number of sulfonamides is 1. The van der Waals surface area contributed by atoms with E-state index in [9.17, 15) is 13.2 Å². The molecule has 0 aliphatic carbocycles. The van der Waals surface area contributed by atoms with Crippen LogP contribution in [0.1, 0.15) is 10.5 Å². The Hall–Kier alpha value is -1.93. The van der Waals surface area contributed by atoms with E-state index in [2.05, 4.69) is 4.72 Å². The second kappa shape index (κ2) is 5.82. The molecule has 8 heteroatoms. The number of anilines is 1. The van der Waals surface area contributed by atoms with Gasteiger partial charge in [-0.25, -0.2) is 13.2 Å². The number of aromatic nitrogens is 1. The van der Waals surface area contributed by atoms with Crippen molar-refractivity contribution >= 4 is 33.4 Å². The first-order valence-electron chi connectivity index (χ1n) is 5.90. The van der Waals surface area contributed by atoms with Crippen LogP contribution >= 0.6 is 11.8 Å². The summed E-state index contributed by atoms with van der Waals surface area (Å²) < 4.78 is 28.4. The van der Waals surface area contributed by atoms with Crippen LogP contribution in [0.3, 0.4) is 0 Å². The lowest BCUT2D eigenvalue weighted by molar-refractivity contribution is 0.0686. The summed E-state index contributed by atoms with van der Waals surface area (Å²) in [6.45, 7) is 0. The Balaban J connectivity index is 2.39. The van der Waals surface area contributed by atoms with Gasteiger partial charge in [0.15, 0.2) is 0 Å². The van der Waals surface area contributed by atoms with Crippen LogP contribution in [-0.2, 0) is 17.1 Å². The van der Waals surface area contributed by atoms with Crippen LogP contribution in [0.5, 0.6) is 0 Å². The summed E-state index contributed by atoms with van der Waals surface area (Å²) in [5, 5.41) is 8.98. The van der Waals surface area contributed by atoms with Crippen LogP contribution in [0, 0.1) is 0 Å². The minimum absolute atomic E-state index is 0.0849. The largest absolute Gasteiger partial charge is 0.477 e. The molecule has 0 atom stereocenters. The molecule has 0 spiro atoms. The van der Waals surface area contributed by atoms with Crippen molar-refractivity contribution < 1.29 is 18.3 Å². The third kappa shape index (κ3) is 3.22. The summed E-state index contributed by atoms with van der Waals surface area (Å²) in [6.07, 6.45) is 3.12. The number of benzene rings is 1. The number of aryl methyl sites for hydroxylation is 1. The van der Waals surface area contributed by atoms with Crippen LogP contribution < -0.4 is 4.72 Å². The van der Waals surface area contributed by atoms with Crippen molar-refractivity contribution in [1.82, 2.24) is 4.57 Å². The van der Waals surface area contributed by atoms with Gasteiger partial charge in [0.2, 0.25) is 0 Å². The Bertz CT molecular complexity index is 781. The van der Waals surface area contributed by atoms with Gasteiger partial charge in [-0.15, -0.1) is 11.8 Å². The van der Waals surface area contributed by atoms with Gasteiger partial charge in [-0.05, 0) is 24.5 Å². The molecule has 0 saturated carbocycles. The van der Waals surface area contributed by atoms with Gasteiger partial charge in [0.05, 0.1) is 5.69 Å². The second-order valence-electron chi connectivity index (χ2n) is 4.28. The zero-order chi connectivity index (χ0) is 15.6. The number of carboxylic acid groups (broad SMARTS) is 1. The molecule has 2 N–H and O–H groups in total. The molecule has 0 aliphatic rings. The first kappa shape index (κ1) is 15.5. The monoisotopic (exact) mass is 326 g/mol. The van der Waals surface area contributed by atoms with Gasteiger partial charge >= 0.3 is 5.97 Å². The van der Waals surface area contributed by atoms with E-state index in [-0.39, 0.29) is 10.6 Å². The lowest BCUT2D eigenvalue weighted by Gasteiger charge is -2.09. The van der Waals surface area contributed by atoms with Crippen molar-refractivity contribution in [2.24, 2.45) is 7.05 Å². The topological polar surface area (TPSA) is 88.4 Å². The summed E-state index contributed by atoms with van der Waals surface area (Å²) in [4.78, 5) is 11.7. The highest BCUT2D eigenvalue weighted by molar-refractivity contribution is 7.99. The molecule has 0 unspecified atom stereocenters. The number of thioether (sulfide) groups is 1. The van der Waals surface area contributed by atoms with E-state index < -0.39 is 16.0 Å². The van der Waals surface area contributed by atoms with Gasteiger partial charge in [0, 0.05) is 18.1 Å². The number of hydrogen-bond donors (Lipinski definition) is 2. The number of nitrogens with zero attached hydrogens (tertiary/aromatic N) is 1. The molecule has 21 heavy (non-hydrogen) atoms. The van der Waals surface area contributed by atoms with E-state index >= 15 is 0 Å². The van der Waals surface area contributed by atoms with Crippen LogP contribution in [0.25, 0.3) is 0 Å². The molecule has 0 saturated heterocycles. The van der Waals surface area contributed by atoms with Crippen molar-refractivity contribution in [1.29, 1.82) is 0 Å². The number of rotatable bonds is 5. The molecule has 1 aromatic heterocycles. The Kier molecular flexibility index (Phi) is 4.29. The van der Waals surface area contributed by atoms with E-state index in [1.165, 1.54) is 29.6 Å². The van der Waals surface area contributed by atoms with Crippen LogP contribution in [-0.4, -0.2) is 30.3 Å². The highest BCUT2D eigenvalue weighted by Crippen LogP contribution is 2.27. The predicted molar refractivity (Wildman–Crippen MR) is 81.4 cm³/mol. The van der Waals surface area contributed by atoms with Crippen molar-refractivity contribution in [3.8, 4) is 0 Å². The van der Waals surface area contributed by atoms with Crippen LogP contribution in [0.2, 0.25) is 0 Å². The average molecular weight is 326 g/mol. The fourth-order valence-electron chi connectivity index (χ4n) is 1.83. The zero-order valence-electron chi connectivity index (χ0n) is 11.4. The summed E-state index contributed by atoms with van der Waals surface area (Å²) in [6, 6.07) is 8.13. The van der Waals surface area contributed by atoms with Crippen molar-refractivity contribution in [3.05, 3.63) is 42.2 Å². The minimum Gasteiger partial charge on any atom is -0.477 e. The lowest BCUT2D eigenvalue weighted by Crippen LogP contribution is -2.12. The molecule has 2 aromatic rings. The number of aromatic carboxylic acids is 1.